The highest BCUT2D eigenvalue weighted by Crippen LogP contribution is 2.41. The summed E-state index contributed by atoms with van der Waals surface area (Å²) in [6.07, 6.45) is 2.06. The number of nitrogens with one attached hydrogen (secondary N) is 1. The fourth-order valence-corrected chi connectivity index (χ4v) is 4.05. The molecule has 2 heterocycles. The zero-order valence-corrected chi connectivity index (χ0v) is 13.8. The Morgan fingerprint density at radius 3 is 2.57 bits per heavy atom. The molecule has 1 aromatic carbocycles. The van der Waals surface area contributed by atoms with Crippen molar-refractivity contribution in [1.29, 1.82) is 0 Å². The number of thiophene rings is 1. The molecule has 0 aliphatic carbocycles. The fourth-order valence-electron chi connectivity index (χ4n) is 2.79. The van der Waals surface area contributed by atoms with Gasteiger partial charge >= 0.3 is 0 Å². The molecule has 2 aromatic rings. The third kappa shape index (κ3) is 3.01. The first-order valence-electron chi connectivity index (χ1n) is 7.67. The Balaban J connectivity index is 2.11. The van der Waals surface area contributed by atoms with Crippen LogP contribution >= 0.6 is 11.3 Å². The van der Waals surface area contributed by atoms with E-state index in [0.717, 1.165) is 44.1 Å². The molecule has 0 atom stereocenters. The van der Waals surface area contributed by atoms with Crippen molar-refractivity contribution >= 4 is 21.4 Å². The summed E-state index contributed by atoms with van der Waals surface area (Å²) in [4.78, 5) is 1.43. The van der Waals surface area contributed by atoms with E-state index < -0.39 is 0 Å². The van der Waals surface area contributed by atoms with Crippen LogP contribution in [0, 0.1) is 5.92 Å². The Bertz CT molecular complexity index is 633. The zero-order chi connectivity index (χ0) is 14.8. The molecular weight excluding hydrogens is 282 g/mol. The van der Waals surface area contributed by atoms with E-state index >= 15 is 0 Å². The van der Waals surface area contributed by atoms with Gasteiger partial charge in [0, 0.05) is 28.6 Å². The molecule has 21 heavy (non-hydrogen) atoms. The van der Waals surface area contributed by atoms with Crippen molar-refractivity contribution in [2.75, 3.05) is 20.3 Å². The predicted molar refractivity (Wildman–Crippen MR) is 88.7 cm³/mol. The van der Waals surface area contributed by atoms with Crippen molar-refractivity contribution in [2.45, 2.75) is 33.2 Å². The van der Waals surface area contributed by atoms with Crippen LogP contribution in [0.3, 0.4) is 0 Å². The van der Waals surface area contributed by atoms with E-state index in [1.165, 1.54) is 20.5 Å². The fraction of sp³-hybridized carbons (Fsp3) is 0.529. The number of rotatable bonds is 4. The molecule has 3 nitrogen and oxygen atoms in total. The molecule has 0 radical (unpaired) electrons. The van der Waals surface area contributed by atoms with Crippen molar-refractivity contribution in [3.8, 4) is 11.5 Å². The molecule has 0 bridgehead atoms. The lowest BCUT2D eigenvalue weighted by atomic mass is 9.99. The summed E-state index contributed by atoms with van der Waals surface area (Å²) in [5.74, 6) is 2.45. The molecule has 0 amide bonds. The van der Waals surface area contributed by atoms with E-state index in [1.807, 2.05) is 18.4 Å². The van der Waals surface area contributed by atoms with Gasteiger partial charge in [0.15, 0.2) is 11.5 Å². The van der Waals surface area contributed by atoms with E-state index in [0.29, 0.717) is 5.92 Å². The van der Waals surface area contributed by atoms with Crippen LogP contribution in [0.1, 0.15) is 30.7 Å². The van der Waals surface area contributed by atoms with Gasteiger partial charge in [0.2, 0.25) is 0 Å². The van der Waals surface area contributed by atoms with Crippen molar-refractivity contribution in [3.63, 3.8) is 0 Å². The molecule has 1 aliphatic rings. The van der Waals surface area contributed by atoms with Crippen LogP contribution in [0.25, 0.3) is 10.1 Å². The summed E-state index contributed by atoms with van der Waals surface area (Å²) in [6.45, 7) is 6.96. The summed E-state index contributed by atoms with van der Waals surface area (Å²) in [6, 6.07) is 4.34. The minimum absolute atomic E-state index is 0.648. The minimum Gasteiger partial charge on any atom is -0.490 e. The van der Waals surface area contributed by atoms with Gasteiger partial charge in [-0.15, -0.1) is 11.3 Å². The van der Waals surface area contributed by atoms with Gasteiger partial charge in [-0.1, -0.05) is 13.8 Å². The number of ether oxygens (including phenoxy) is 2. The van der Waals surface area contributed by atoms with Gasteiger partial charge in [0.05, 0.1) is 13.2 Å². The van der Waals surface area contributed by atoms with E-state index in [9.17, 15) is 0 Å². The highest BCUT2D eigenvalue weighted by atomic mass is 32.1. The maximum absolute atomic E-state index is 5.85. The number of hydrogen-bond donors (Lipinski definition) is 1. The summed E-state index contributed by atoms with van der Waals surface area (Å²) >= 11 is 1.87. The molecule has 3 rings (SSSR count). The van der Waals surface area contributed by atoms with Gasteiger partial charge in [0.25, 0.3) is 0 Å². The molecule has 0 unspecified atom stereocenters. The predicted octanol–water partition coefficient (Wildman–Crippen LogP) is 3.98. The van der Waals surface area contributed by atoms with Crippen molar-refractivity contribution in [1.82, 2.24) is 5.32 Å². The lowest BCUT2D eigenvalue weighted by Gasteiger charge is -2.10. The van der Waals surface area contributed by atoms with Crippen LogP contribution in [-0.4, -0.2) is 20.3 Å². The molecule has 1 aliphatic heterocycles. The smallest absolute Gasteiger partial charge is 0.162 e. The third-order valence-electron chi connectivity index (χ3n) is 3.69. The Morgan fingerprint density at radius 2 is 1.90 bits per heavy atom. The zero-order valence-electron chi connectivity index (χ0n) is 13.0. The van der Waals surface area contributed by atoms with Gasteiger partial charge in [-0.2, -0.15) is 0 Å². The molecule has 1 N–H and O–H groups in total. The van der Waals surface area contributed by atoms with Crippen LogP contribution in [0.4, 0.5) is 0 Å². The number of hydrogen-bond acceptors (Lipinski definition) is 4. The van der Waals surface area contributed by atoms with E-state index in [1.54, 1.807) is 0 Å². The van der Waals surface area contributed by atoms with Gasteiger partial charge in [-0.3, -0.25) is 0 Å². The highest BCUT2D eigenvalue weighted by molar-refractivity contribution is 7.19. The lowest BCUT2D eigenvalue weighted by Crippen LogP contribution is -2.06. The lowest BCUT2D eigenvalue weighted by molar-refractivity contribution is 0.297. The normalized spacial score (nSPS) is 14.7. The second-order valence-electron chi connectivity index (χ2n) is 5.98. The van der Waals surface area contributed by atoms with E-state index in [2.05, 4.69) is 31.3 Å². The first-order chi connectivity index (χ1) is 10.2. The van der Waals surface area contributed by atoms with Crippen LogP contribution in [-0.2, 0) is 13.0 Å². The van der Waals surface area contributed by atoms with E-state index in [4.69, 9.17) is 9.47 Å². The summed E-state index contributed by atoms with van der Waals surface area (Å²) in [7, 11) is 2.00. The second kappa shape index (κ2) is 6.24. The van der Waals surface area contributed by atoms with Crippen molar-refractivity contribution in [2.24, 2.45) is 5.92 Å². The Labute approximate surface area is 130 Å². The van der Waals surface area contributed by atoms with Crippen molar-refractivity contribution in [3.05, 3.63) is 22.6 Å². The Kier molecular flexibility index (Phi) is 4.36. The Hall–Kier alpha value is -1.26. The molecule has 0 spiro atoms. The average molecular weight is 305 g/mol. The summed E-state index contributed by atoms with van der Waals surface area (Å²) in [5, 5.41) is 4.62. The van der Waals surface area contributed by atoms with Crippen LogP contribution < -0.4 is 14.8 Å². The van der Waals surface area contributed by atoms with Crippen LogP contribution in [0.5, 0.6) is 11.5 Å². The first kappa shape index (κ1) is 14.7. The van der Waals surface area contributed by atoms with Crippen LogP contribution in [0.15, 0.2) is 12.1 Å². The summed E-state index contributed by atoms with van der Waals surface area (Å²) < 4.78 is 13.0. The maximum Gasteiger partial charge on any atom is 0.162 e. The molecule has 1 aromatic heterocycles. The quantitative estimate of drug-likeness (QED) is 0.927. The molecular formula is C17H23NO2S. The molecule has 114 valence electrons. The standard InChI is InChI=1S/C17H23NO2S/c1-11(2)7-12-13-8-14-15(20-6-4-5-19-14)9-16(13)21-17(12)10-18-3/h8-9,11,18H,4-7,10H2,1-3H3. The molecule has 0 fully saturated rings. The topological polar surface area (TPSA) is 30.5 Å². The van der Waals surface area contributed by atoms with Gasteiger partial charge in [-0.25, -0.2) is 0 Å². The number of fused-ring (bicyclic) bond motifs is 2. The maximum atomic E-state index is 5.85. The average Bonchev–Trinajstić information content (AvgIpc) is 2.62. The molecule has 0 saturated heterocycles. The van der Waals surface area contributed by atoms with E-state index in [-0.39, 0.29) is 0 Å². The first-order valence-corrected chi connectivity index (χ1v) is 8.49. The molecule has 0 saturated carbocycles. The van der Waals surface area contributed by atoms with Gasteiger partial charge in [0.1, 0.15) is 0 Å². The van der Waals surface area contributed by atoms with Gasteiger partial charge < -0.3 is 14.8 Å². The Morgan fingerprint density at radius 1 is 1.19 bits per heavy atom. The monoisotopic (exact) mass is 305 g/mol. The van der Waals surface area contributed by atoms with Crippen molar-refractivity contribution < 1.29 is 9.47 Å². The van der Waals surface area contributed by atoms with Gasteiger partial charge in [-0.05, 0) is 36.4 Å². The highest BCUT2D eigenvalue weighted by Gasteiger charge is 2.18. The number of benzene rings is 1. The minimum atomic E-state index is 0.648. The second-order valence-corrected chi connectivity index (χ2v) is 7.11. The molecule has 4 heteroatoms. The summed E-state index contributed by atoms with van der Waals surface area (Å²) in [5.41, 5.74) is 1.47. The third-order valence-corrected chi connectivity index (χ3v) is 4.89. The SMILES string of the molecule is CNCc1sc2cc3c(cc2c1CC(C)C)OCCCO3. The van der Waals surface area contributed by atoms with Crippen LogP contribution in [0.2, 0.25) is 0 Å². The largest absolute Gasteiger partial charge is 0.490 e.